The number of Topliss-reactive ketones (excluding diaryl/α,β-unsaturated/α-hetero) is 1. The molecule has 0 spiro atoms. The summed E-state index contributed by atoms with van der Waals surface area (Å²) < 4.78 is 0. The second-order valence-electron chi connectivity index (χ2n) is 20.0. The van der Waals surface area contributed by atoms with Crippen LogP contribution in [0.3, 0.4) is 0 Å². The number of hydrogen-bond donors (Lipinski definition) is 3. The van der Waals surface area contributed by atoms with E-state index in [0.717, 1.165) is 52.0 Å². The van der Waals surface area contributed by atoms with Gasteiger partial charge in [-0.25, -0.2) is 0 Å². The summed E-state index contributed by atoms with van der Waals surface area (Å²) in [7, 11) is 13.7. The topological polar surface area (TPSA) is 287 Å². The molecule has 0 aromatic rings. The minimum Gasteiger partial charge on any atom is -0.356 e. The van der Waals surface area contributed by atoms with Crippen molar-refractivity contribution in [3.63, 3.8) is 0 Å². The van der Waals surface area contributed by atoms with Crippen molar-refractivity contribution in [1.29, 1.82) is 0 Å². The fourth-order valence-corrected chi connectivity index (χ4v) is 7.02. The Morgan fingerprint density at radius 3 is 0.973 bits per heavy atom. The van der Waals surface area contributed by atoms with Gasteiger partial charge < -0.3 is 65.4 Å². The Morgan fingerprint density at radius 1 is 0.392 bits per heavy atom. The van der Waals surface area contributed by atoms with E-state index in [0.29, 0.717) is 38.3 Å². The van der Waals surface area contributed by atoms with E-state index < -0.39 is 104 Å². The molecule has 0 rings (SSSR count). The van der Waals surface area contributed by atoms with Gasteiger partial charge in [-0.15, -0.1) is 0 Å². The highest BCUT2D eigenvalue weighted by Gasteiger charge is 2.28. The second kappa shape index (κ2) is 34.3. The molecule has 0 aliphatic heterocycles. The zero-order valence-electron chi connectivity index (χ0n) is 47.0. The van der Waals surface area contributed by atoms with Crippen molar-refractivity contribution in [1.82, 2.24) is 59.6 Å². The molecule has 0 aliphatic carbocycles. The molecule has 11 amide bonds. The van der Waals surface area contributed by atoms with Crippen LogP contribution in [0.25, 0.3) is 0 Å². The zero-order valence-corrected chi connectivity index (χ0v) is 47.0. The molecule has 0 bridgehead atoms. The van der Waals surface area contributed by atoms with Gasteiger partial charge >= 0.3 is 0 Å². The van der Waals surface area contributed by atoms with E-state index in [9.17, 15) is 57.5 Å². The predicted octanol–water partition coefficient (Wildman–Crippen LogP) is -2.79. The number of rotatable bonds is 34. The Morgan fingerprint density at radius 2 is 0.689 bits per heavy atom. The summed E-state index contributed by atoms with van der Waals surface area (Å²) in [4.78, 5) is 166. The van der Waals surface area contributed by atoms with Crippen molar-refractivity contribution in [2.45, 2.75) is 85.2 Å². The minimum atomic E-state index is -0.627. The van der Waals surface area contributed by atoms with Gasteiger partial charge in [-0.1, -0.05) is 34.1 Å². The number of unbranched alkanes of at least 4 members (excludes halogenated alkanes) is 1. The van der Waals surface area contributed by atoms with E-state index in [4.69, 9.17) is 5.73 Å². The summed E-state index contributed by atoms with van der Waals surface area (Å²) in [6, 6.07) is -0.461. The fraction of sp³-hybridized carbons (Fsp3) is 0.755. The molecule has 0 aromatic carbocycles. The minimum absolute atomic E-state index is 0.0488. The van der Waals surface area contributed by atoms with Gasteiger partial charge in [-0.3, -0.25) is 57.5 Å². The molecule has 25 heteroatoms. The van der Waals surface area contributed by atoms with Crippen molar-refractivity contribution in [3.8, 4) is 0 Å². The first kappa shape index (κ1) is 67.8. The van der Waals surface area contributed by atoms with Gasteiger partial charge in [-0.05, 0) is 45.1 Å². The zero-order chi connectivity index (χ0) is 57.2. The molecule has 0 saturated heterocycles. The summed E-state index contributed by atoms with van der Waals surface area (Å²) in [5, 5.41) is 5.99. The SMILES string of the molecule is CC(C)CCCNC(=O)[C@H](CCCCN)CC(=O)CN(C)C(=O)CN(C)C(=O)CN(C)C(=O)CN(C)C(=O)CN(C)C(=O)CN(C)C(=O)CN(C)C(=O)CN(C)C(=O)CN(C)C(=O)CN(C)C(=O)[C@H](C)NC(C)C. The first-order chi connectivity index (χ1) is 34.3. The molecule has 25 nitrogen and oxygen atoms in total. The third kappa shape index (κ3) is 26.6. The molecular formula is C49H89N13O12. The van der Waals surface area contributed by atoms with Gasteiger partial charge in [0.2, 0.25) is 65.0 Å². The number of carbonyl (C=O) groups excluding carboxylic acids is 12. The van der Waals surface area contributed by atoms with E-state index in [2.05, 4.69) is 24.5 Å². The molecule has 0 unspecified atom stereocenters. The van der Waals surface area contributed by atoms with Gasteiger partial charge in [0, 0.05) is 95.4 Å². The normalized spacial score (nSPS) is 11.7. The molecule has 0 fully saturated rings. The summed E-state index contributed by atoms with van der Waals surface area (Å²) in [5.41, 5.74) is 5.63. The maximum absolute atomic E-state index is 13.0. The van der Waals surface area contributed by atoms with Crippen LogP contribution in [-0.2, 0) is 57.5 Å². The highest BCUT2D eigenvalue weighted by atomic mass is 16.2. The van der Waals surface area contributed by atoms with Crippen LogP contribution in [0.15, 0.2) is 0 Å². The average molecular weight is 1050 g/mol. The first-order valence-electron chi connectivity index (χ1n) is 25.0. The van der Waals surface area contributed by atoms with Gasteiger partial charge in [0.1, 0.15) is 0 Å². The molecule has 4 N–H and O–H groups in total. The highest BCUT2D eigenvalue weighted by Crippen LogP contribution is 2.15. The van der Waals surface area contributed by atoms with Gasteiger partial charge in [0.25, 0.3) is 0 Å². The predicted molar refractivity (Wildman–Crippen MR) is 277 cm³/mol. The van der Waals surface area contributed by atoms with Crippen LogP contribution in [0.5, 0.6) is 0 Å². The number of hydrogen-bond acceptors (Lipinski definition) is 14. The smallest absolute Gasteiger partial charge is 0.242 e. The number of nitrogens with zero attached hydrogens (tertiary/aromatic N) is 10. The highest BCUT2D eigenvalue weighted by molar-refractivity contribution is 5.95. The van der Waals surface area contributed by atoms with Crippen LogP contribution in [-0.4, -0.2) is 281 Å². The monoisotopic (exact) mass is 1050 g/mol. The van der Waals surface area contributed by atoms with E-state index in [1.165, 1.54) is 80.3 Å². The number of likely N-dealkylation sites (N-methyl/N-ethyl adjacent to an activating group) is 10. The fourth-order valence-electron chi connectivity index (χ4n) is 7.02. The molecule has 0 radical (unpaired) electrons. The van der Waals surface area contributed by atoms with Crippen LogP contribution in [0.2, 0.25) is 0 Å². The maximum atomic E-state index is 13.0. The van der Waals surface area contributed by atoms with Gasteiger partial charge in [-0.2, -0.15) is 0 Å². The number of ketones is 1. The Balaban J connectivity index is 5.01. The van der Waals surface area contributed by atoms with Crippen LogP contribution in [0, 0.1) is 11.8 Å². The number of nitrogens with two attached hydrogens (primary N) is 1. The average Bonchev–Trinajstić information content (AvgIpc) is 3.31. The molecule has 0 saturated carbocycles. The second-order valence-corrected chi connectivity index (χ2v) is 20.0. The summed E-state index contributed by atoms with van der Waals surface area (Å²) in [6.45, 7) is 6.70. The largest absolute Gasteiger partial charge is 0.356 e. The van der Waals surface area contributed by atoms with E-state index in [1.807, 2.05) is 13.8 Å². The lowest BCUT2D eigenvalue weighted by Crippen LogP contribution is -2.50. The van der Waals surface area contributed by atoms with Crippen LogP contribution < -0.4 is 16.4 Å². The standard InChI is InChI=1S/C49H89N13O12/c1-34(2)19-18-22-51-48(73)37(20-16-17-21-50)23-38(63)24-53(6)39(64)25-54(7)40(65)26-55(8)41(66)27-56(9)42(67)28-57(10)43(68)29-58(11)44(69)30-59(12)45(70)31-60(13)46(71)32-61(14)47(72)33-62(15)49(74)36(5)52-35(3)4/h34-37,52H,16-33,50H2,1-15H3,(H,51,73)/t36-,37+/m0/s1. The Labute approximate surface area is 438 Å². The van der Waals surface area contributed by atoms with Crippen molar-refractivity contribution in [3.05, 3.63) is 0 Å². The number of carbonyl (C=O) groups is 12. The maximum Gasteiger partial charge on any atom is 0.242 e. The van der Waals surface area contributed by atoms with E-state index >= 15 is 0 Å². The number of nitrogens with one attached hydrogen (secondary N) is 2. The van der Waals surface area contributed by atoms with Crippen molar-refractivity contribution < 1.29 is 57.5 Å². The molecular weight excluding hydrogens is 963 g/mol. The molecule has 2 atom stereocenters. The van der Waals surface area contributed by atoms with Crippen LogP contribution in [0.1, 0.15) is 73.1 Å². The summed E-state index contributed by atoms with van der Waals surface area (Å²) in [5.74, 6) is -6.12. The Bertz CT molecular complexity index is 1930. The summed E-state index contributed by atoms with van der Waals surface area (Å²) in [6.07, 6.45) is 3.61. The van der Waals surface area contributed by atoms with Crippen LogP contribution >= 0.6 is 0 Å². The molecule has 422 valence electrons. The van der Waals surface area contributed by atoms with E-state index in [-0.39, 0.29) is 56.2 Å². The van der Waals surface area contributed by atoms with Crippen LogP contribution in [0.4, 0.5) is 0 Å². The Hall–Kier alpha value is -6.24. The third-order valence-electron chi connectivity index (χ3n) is 12.0. The summed E-state index contributed by atoms with van der Waals surface area (Å²) >= 11 is 0. The van der Waals surface area contributed by atoms with Crippen molar-refractivity contribution in [2.24, 2.45) is 17.6 Å². The van der Waals surface area contributed by atoms with Gasteiger partial charge in [0.05, 0.1) is 71.5 Å². The van der Waals surface area contributed by atoms with Crippen molar-refractivity contribution >= 4 is 70.8 Å². The quantitative estimate of drug-likeness (QED) is 0.0550. The molecule has 74 heavy (non-hydrogen) atoms. The van der Waals surface area contributed by atoms with E-state index in [1.54, 1.807) is 6.92 Å². The van der Waals surface area contributed by atoms with Crippen molar-refractivity contribution in [2.75, 3.05) is 149 Å². The molecule has 0 aromatic heterocycles. The first-order valence-corrected chi connectivity index (χ1v) is 25.0. The lowest BCUT2D eigenvalue weighted by molar-refractivity contribution is -0.146. The third-order valence-corrected chi connectivity index (χ3v) is 12.0. The molecule has 0 heterocycles. The van der Waals surface area contributed by atoms with Gasteiger partial charge in [0.15, 0.2) is 5.78 Å². The number of amides is 11. The molecule has 0 aliphatic rings. The lowest BCUT2D eigenvalue weighted by atomic mass is 9.94. The lowest BCUT2D eigenvalue weighted by Gasteiger charge is -2.28. The Kier molecular flexibility index (Phi) is 31.4.